The van der Waals surface area contributed by atoms with Crippen LogP contribution in [0.3, 0.4) is 0 Å². The zero-order valence-electron chi connectivity index (χ0n) is 24.3. The van der Waals surface area contributed by atoms with Crippen LogP contribution in [0.2, 0.25) is 0 Å². The predicted octanol–water partition coefficient (Wildman–Crippen LogP) is 7.24. The van der Waals surface area contributed by atoms with Crippen LogP contribution in [0.15, 0.2) is 40.9 Å². The van der Waals surface area contributed by atoms with E-state index in [1.54, 1.807) is 0 Å². The number of aliphatic carboxylic acids is 1. The Bertz CT molecular complexity index is 1450. The minimum absolute atomic E-state index is 0. The number of tetrazole rings is 1. The molecule has 17 heteroatoms. The SMILES string of the molecule is CCN(C[C@H]1CC[C@H](C(=O)O)CC1)c1ccc(OC(F)(F)F)cc1CN(Cc1cc(Br)cc(C(F)(F)F)c1)c1nnn(C)n1.Cl. The van der Waals surface area contributed by atoms with Gasteiger partial charge in [-0.3, -0.25) is 4.79 Å². The highest BCUT2D eigenvalue weighted by atomic mass is 79.9. The second-order valence-electron chi connectivity index (χ2n) is 10.7. The summed E-state index contributed by atoms with van der Waals surface area (Å²) in [6.07, 6.45) is -7.07. The lowest BCUT2D eigenvalue weighted by Crippen LogP contribution is -2.34. The fourth-order valence-electron chi connectivity index (χ4n) is 5.42. The number of nitrogens with zero attached hydrogens (tertiary/aromatic N) is 6. The van der Waals surface area contributed by atoms with E-state index >= 15 is 0 Å². The van der Waals surface area contributed by atoms with Crippen LogP contribution < -0.4 is 14.5 Å². The second kappa shape index (κ2) is 14.9. The van der Waals surface area contributed by atoms with E-state index in [9.17, 15) is 36.2 Å². The number of carboxylic acid groups (broad SMARTS) is 1. The van der Waals surface area contributed by atoms with E-state index in [1.807, 2.05) is 11.8 Å². The molecule has 4 rings (SSSR count). The van der Waals surface area contributed by atoms with Crippen molar-refractivity contribution in [2.75, 3.05) is 22.9 Å². The molecule has 1 aliphatic carbocycles. The lowest BCUT2D eigenvalue weighted by Gasteiger charge is -2.34. The van der Waals surface area contributed by atoms with Gasteiger partial charge < -0.3 is 19.6 Å². The molecule has 9 nitrogen and oxygen atoms in total. The molecule has 1 aliphatic rings. The molecule has 1 N–H and O–H groups in total. The van der Waals surface area contributed by atoms with E-state index in [0.717, 1.165) is 12.1 Å². The molecule has 1 saturated carbocycles. The molecule has 1 aromatic heterocycles. The van der Waals surface area contributed by atoms with Gasteiger partial charge in [0, 0.05) is 36.3 Å². The summed E-state index contributed by atoms with van der Waals surface area (Å²) in [5.41, 5.74) is 0.378. The summed E-state index contributed by atoms with van der Waals surface area (Å²) in [5.74, 6) is -1.43. The van der Waals surface area contributed by atoms with Crippen LogP contribution in [-0.4, -0.2) is 50.7 Å². The predicted molar refractivity (Wildman–Crippen MR) is 159 cm³/mol. The molecule has 1 heterocycles. The highest BCUT2D eigenvalue weighted by Gasteiger charge is 2.33. The maximum absolute atomic E-state index is 13.6. The summed E-state index contributed by atoms with van der Waals surface area (Å²) in [6.45, 7) is 2.72. The third-order valence-electron chi connectivity index (χ3n) is 7.48. The first-order chi connectivity index (χ1) is 20.6. The van der Waals surface area contributed by atoms with E-state index in [4.69, 9.17) is 0 Å². The van der Waals surface area contributed by atoms with Crippen LogP contribution in [0.1, 0.15) is 49.3 Å². The Morgan fingerprint density at radius 1 is 1.04 bits per heavy atom. The summed E-state index contributed by atoms with van der Waals surface area (Å²) in [6, 6.07) is 7.43. The number of benzene rings is 2. The van der Waals surface area contributed by atoms with E-state index in [2.05, 4.69) is 36.1 Å². The van der Waals surface area contributed by atoms with Crippen molar-refractivity contribution in [2.45, 2.75) is 58.2 Å². The third kappa shape index (κ3) is 10.1. The van der Waals surface area contributed by atoms with Gasteiger partial charge in [-0.25, -0.2) is 0 Å². The number of carboxylic acids is 1. The van der Waals surface area contributed by atoms with Gasteiger partial charge in [-0.05, 0) is 91.3 Å². The number of aryl methyl sites for hydroxylation is 1. The number of ether oxygens (including phenoxy) is 1. The molecule has 248 valence electrons. The minimum Gasteiger partial charge on any atom is -0.481 e. The Morgan fingerprint density at radius 2 is 1.73 bits per heavy atom. The zero-order chi connectivity index (χ0) is 32.2. The molecule has 2 aromatic carbocycles. The smallest absolute Gasteiger partial charge is 0.481 e. The molecule has 0 unspecified atom stereocenters. The Balaban J connectivity index is 0.00000552. The molecule has 1 fully saturated rings. The van der Waals surface area contributed by atoms with Gasteiger partial charge in [0.2, 0.25) is 0 Å². The molecule has 0 spiro atoms. The van der Waals surface area contributed by atoms with Crippen LogP contribution in [-0.2, 0) is 31.1 Å². The molecular weight excluding hydrogens is 698 g/mol. The zero-order valence-corrected chi connectivity index (χ0v) is 26.7. The Hall–Kier alpha value is -3.27. The number of hydrogen-bond acceptors (Lipinski definition) is 7. The lowest BCUT2D eigenvalue weighted by molar-refractivity contribution is -0.274. The molecule has 0 saturated heterocycles. The van der Waals surface area contributed by atoms with E-state index < -0.39 is 29.8 Å². The number of hydrogen-bond donors (Lipinski definition) is 1. The van der Waals surface area contributed by atoms with Crippen LogP contribution >= 0.6 is 28.3 Å². The summed E-state index contributed by atoms with van der Waals surface area (Å²) in [5, 5.41) is 21.4. The van der Waals surface area contributed by atoms with Crippen molar-refractivity contribution in [3.05, 3.63) is 57.6 Å². The molecule has 0 radical (unpaired) electrons. The number of halogens is 8. The highest BCUT2D eigenvalue weighted by Crippen LogP contribution is 2.36. The number of anilines is 2. The highest BCUT2D eigenvalue weighted by molar-refractivity contribution is 9.10. The summed E-state index contributed by atoms with van der Waals surface area (Å²) in [4.78, 5) is 16.1. The number of aromatic nitrogens is 4. The van der Waals surface area contributed by atoms with Crippen molar-refractivity contribution in [3.63, 3.8) is 0 Å². The Morgan fingerprint density at radius 3 is 2.29 bits per heavy atom. The van der Waals surface area contributed by atoms with Gasteiger partial charge in [-0.15, -0.1) is 30.7 Å². The second-order valence-corrected chi connectivity index (χ2v) is 11.6. The standard InChI is InChI=1S/C28H31BrF6N6O3.ClH/c1-3-40(14-17-4-6-19(7-5-17)25(42)43)24-9-8-23(44-28(33,34)35)12-20(24)16-41(26-36-38-39(2)37-26)15-18-10-21(27(30,31)32)13-22(29)11-18;/h8-13,17,19H,3-7,14-16H2,1-2H3,(H,42,43);1H/t17-,19-;. The first-order valence-corrected chi connectivity index (χ1v) is 14.6. The number of carbonyl (C=O) groups is 1. The largest absolute Gasteiger partial charge is 0.573 e. The van der Waals surface area contributed by atoms with E-state index in [-0.39, 0.29) is 53.3 Å². The third-order valence-corrected chi connectivity index (χ3v) is 7.94. The summed E-state index contributed by atoms with van der Waals surface area (Å²) >= 11 is 3.13. The average molecular weight is 730 g/mol. The fraction of sp³-hybridized carbons (Fsp3) is 0.500. The molecule has 3 aromatic rings. The van der Waals surface area contributed by atoms with Gasteiger partial charge in [-0.1, -0.05) is 21.0 Å². The van der Waals surface area contributed by atoms with Crippen LogP contribution in [0, 0.1) is 11.8 Å². The average Bonchev–Trinajstić information content (AvgIpc) is 3.36. The van der Waals surface area contributed by atoms with E-state index in [1.165, 1.54) is 41.0 Å². The van der Waals surface area contributed by atoms with Gasteiger partial charge in [0.25, 0.3) is 5.95 Å². The van der Waals surface area contributed by atoms with Gasteiger partial charge >= 0.3 is 18.5 Å². The fourth-order valence-corrected chi connectivity index (χ4v) is 5.97. The van der Waals surface area contributed by atoms with Crippen molar-refractivity contribution >= 4 is 45.9 Å². The first-order valence-electron chi connectivity index (χ1n) is 13.8. The summed E-state index contributed by atoms with van der Waals surface area (Å²) in [7, 11) is 1.51. The molecule has 45 heavy (non-hydrogen) atoms. The van der Waals surface area contributed by atoms with Gasteiger partial charge in [-0.2, -0.15) is 18.0 Å². The molecule has 0 aliphatic heterocycles. The Kier molecular flexibility index (Phi) is 12.0. The normalized spacial score (nSPS) is 17.0. The molecule has 0 bridgehead atoms. The maximum Gasteiger partial charge on any atom is 0.573 e. The van der Waals surface area contributed by atoms with Crippen molar-refractivity contribution in [2.24, 2.45) is 18.9 Å². The number of alkyl halides is 6. The van der Waals surface area contributed by atoms with E-state index in [0.29, 0.717) is 50.0 Å². The van der Waals surface area contributed by atoms with Crippen LogP contribution in [0.5, 0.6) is 5.75 Å². The molecular formula is C28H32BrClF6N6O3. The maximum atomic E-state index is 13.6. The van der Waals surface area contributed by atoms with Crippen molar-refractivity contribution < 1.29 is 41.0 Å². The van der Waals surface area contributed by atoms with Crippen LogP contribution in [0.4, 0.5) is 38.0 Å². The van der Waals surface area contributed by atoms with Gasteiger partial charge in [0.1, 0.15) is 5.75 Å². The monoisotopic (exact) mass is 728 g/mol. The topological polar surface area (TPSA) is 96.6 Å². The summed E-state index contributed by atoms with van der Waals surface area (Å²) < 4.78 is 84.6. The van der Waals surface area contributed by atoms with Crippen molar-refractivity contribution in [1.29, 1.82) is 0 Å². The Labute approximate surface area is 270 Å². The number of rotatable bonds is 11. The quantitative estimate of drug-likeness (QED) is 0.207. The van der Waals surface area contributed by atoms with Gasteiger partial charge in [0.05, 0.1) is 18.5 Å². The lowest BCUT2D eigenvalue weighted by atomic mass is 9.81. The first kappa shape index (κ1) is 36.2. The molecule has 0 amide bonds. The minimum atomic E-state index is -4.94. The van der Waals surface area contributed by atoms with Gasteiger partial charge in [0.15, 0.2) is 0 Å². The van der Waals surface area contributed by atoms with Crippen molar-refractivity contribution in [3.8, 4) is 5.75 Å². The molecule has 0 atom stereocenters. The van der Waals surface area contributed by atoms with Crippen LogP contribution in [0.25, 0.3) is 0 Å². The van der Waals surface area contributed by atoms with Crippen molar-refractivity contribution in [1.82, 2.24) is 20.2 Å².